The van der Waals surface area contributed by atoms with Crippen LogP contribution < -0.4 is 20.1 Å². The van der Waals surface area contributed by atoms with E-state index < -0.39 is 0 Å². The van der Waals surface area contributed by atoms with Gasteiger partial charge in [0, 0.05) is 30.4 Å². The van der Waals surface area contributed by atoms with Crippen LogP contribution in [0.2, 0.25) is 5.02 Å². The van der Waals surface area contributed by atoms with Crippen LogP contribution in [0.15, 0.2) is 59.5 Å². The number of pyridine rings is 1. The topological polar surface area (TPSA) is 101 Å². The van der Waals surface area contributed by atoms with Gasteiger partial charge in [0.2, 0.25) is 0 Å². The van der Waals surface area contributed by atoms with Crippen molar-refractivity contribution < 1.29 is 18.7 Å². The summed E-state index contributed by atoms with van der Waals surface area (Å²) >= 11 is 6.34. The number of carbonyl (C=O) groups excluding carboxylic acids is 1. The molecule has 0 spiro atoms. The zero-order valence-electron chi connectivity index (χ0n) is 18.6. The minimum absolute atomic E-state index is 0.160. The van der Waals surface area contributed by atoms with Gasteiger partial charge < -0.3 is 29.5 Å². The molecule has 0 saturated heterocycles. The lowest BCUT2D eigenvalue weighted by molar-refractivity contribution is 0.0947. The molecule has 1 aliphatic heterocycles. The third kappa shape index (κ3) is 3.97. The highest BCUT2D eigenvalue weighted by Gasteiger charge is 2.29. The number of benzene rings is 1. The van der Waals surface area contributed by atoms with Crippen LogP contribution in [0, 0.1) is 0 Å². The number of ether oxygens (including phenoxy) is 2. The molecule has 1 aromatic carbocycles. The number of hydrogen-bond acceptors (Lipinski definition) is 6. The highest BCUT2D eigenvalue weighted by atomic mass is 35.5. The highest BCUT2D eigenvalue weighted by Crippen LogP contribution is 2.43. The van der Waals surface area contributed by atoms with E-state index in [1.54, 1.807) is 31.8 Å². The molecule has 1 atom stereocenters. The van der Waals surface area contributed by atoms with Gasteiger partial charge in [-0.15, -0.1) is 0 Å². The second-order valence-corrected chi connectivity index (χ2v) is 8.23. The van der Waals surface area contributed by atoms with Gasteiger partial charge in [0.25, 0.3) is 5.91 Å². The van der Waals surface area contributed by atoms with E-state index in [2.05, 4.69) is 20.6 Å². The van der Waals surface area contributed by atoms with Gasteiger partial charge in [-0.3, -0.25) is 9.78 Å². The Balaban J connectivity index is 1.62. The van der Waals surface area contributed by atoms with Gasteiger partial charge >= 0.3 is 0 Å². The number of halogens is 1. The number of aromatic amines is 1. The SMILES string of the molecule is COc1c(Cl)cccc1Nc1c(-c2ccncc2O[C@H](C)c2ccco2)[nH]c2c1C(=O)NCC2. The fourth-order valence-electron chi connectivity index (χ4n) is 4.11. The quantitative estimate of drug-likeness (QED) is 0.324. The molecule has 4 aromatic rings. The lowest BCUT2D eigenvalue weighted by atomic mass is 10.0. The van der Waals surface area contributed by atoms with Gasteiger partial charge in [-0.25, -0.2) is 0 Å². The number of anilines is 2. The molecule has 34 heavy (non-hydrogen) atoms. The zero-order valence-corrected chi connectivity index (χ0v) is 19.4. The summed E-state index contributed by atoms with van der Waals surface area (Å²) in [6.45, 7) is 2.46. The molecule has 0 radical (unpaired) electrons. The van der Waals surface area contributed by atoms with Crippen LogP contribution in [0.4, 0.5) is 11.4 Å². The van der Waals surface area contributed by atoms with Crippen molar-refractivity contribution in [3.05, 3.63) is 77.1 Å². The minimum atomic E-state index is -0.338. The van der Waals surface area contributed by atoms with Crippen LogP contribution in [-0.2, 0) is 6.42 Å². The van der Waals surface area contributed by atoms with E-state index in [1.807, 2.05) is 37.3 Å². The third-order valence-electron chi connectivity index (χ3n) is 5.70. The van der Waals surface area contributed by atoms with Crippen molar-refractivity contribution in [2.75, 3.05) is 19.0 Å². The average molecular weight is 479 g/mol. The summed E-state index contributed by atoms with van der Waals surface area (Å²) in [7, 11) is 1.55. The normalized spacial score (nSPS) is 13.7. The van der Waals surface area contributed by atoms with Crippen LogP contribution in [0.3, 0.4) is 0 Å². The summed E-state index contributed by atoms with van der Waals surface area (Å²) in [6.07, 6.45) is 5.28. The van der Waals surface area contributed by atoms with Gasteiger partial charge in [0.1, 0.15) is 11.5 Å². The molecule has 8 nitrogen and oxygen atoms in total. The predicted molar refractivity (Wildman–Crippen MR) is 129 cm³/mol. The molecule has 174 valence electrons. The van der Waals surface area contributed by atoms with Gasteiger partial charge in [-0.1, -0.05) is 17.7 Å². The Kier molecular flexibility index (Phi) is 5.90. The molecule has 3 aromatic heterocycles. The van der Waals surface area contributed by atoms with E-state index in [-0.39, 0.29) is 12.0 Å². The van der Waals surface area contributed by atoms with Crippen molar-refractivity contribution in [3.8, 4) is 22.8 Å². The maximum absolute atomic E-state index is 12.9. The number of methoxy groups -OCH3 is 1. The van der Waals surface area contributed by atoms with Crippen LogP contribution in [0.5, 0.6) is 11.5 Å². The summed E-state index contributed by atoms with van der Waals surface area (Å²) in [5.74, 6) is 1.57. The highest BCUT2D eigenvalue weighted by molar-refractivity contribution is 6.32. The first-order valence-corrected chi connectivity index (χ1v) is 11.2. The molecule has 0 bridgehead atoms. The van der Waals surface area contributed by atoms with Gasteiger partial charge in [-0.05, 0) is 37.3 Å². The Morgan fingerprint density at radius 2 is 2.12 bits per heavy atom. The molecule has 5 rings (SSSR count). The van der Waals surface area contributed by atoms with Crippen molar-refractivity contribution in [3.63, 3.8) is 0 Å². The number of amides is 1. The molecule has 0 saturated carbocycles. The van der Waals surface area contributed by atoms with Gasteiger partial charge in [0.05, 0.1) is 47.2 Å². The van der Waals surface area contributed by atoms with Crippen molar-refractivity contribution in [2.24, 2.45) is 0 Å². The summed E-state index contributed by atoms with van der Waals surface area (Å²) in [5, 5.41) is 6.77. The zero-order chi connectivity index (χ0) is 23.7. The fraction of sp³-hybridized carbons (Fsp3) is 0.200. The Morgan fingerprint density at radius 1 is 1.24 bits per heavy atom. The maximum atomic E-state index is 12.9. The largest absolute Gasteiger partial charge is 0.493 e. The first kappa shape index (κ1) is 21.9. The monoisotopic (exact) mass is 478 g/mol. The smallest absolute Gasteiger partial charge is 0.255 e. The Hall–Kier alpha value is -3.91. The molecule has 0 aliphatic carbocycles. The van der Waals surface area contributed by atoms with E-state index in [1.165, 1.54) is 0 Å². The van der Waals surface area contributed by atoms with Crippen LogP contribution in [-0.4, -0.2) is 29.5 Å². The second kappa shape index (κ2) is 9.15. The Morgan fingerprint density at radius 3 is 2.91 bits per heavy atom. The molecule has 1 amide bonds. The average Bonchev–Trinajstić information content (AvgIpc) is 3.49. The molecule has 3 N–H and O–H groups in total. The van der Waals surface area contributed by atoms with Crippen molar-refractivity contribution >= 4 is 28.9 Å². The number of fused-ring (bicyclic) bond motifs is 1. The molecule has 9 heteroatoms. The number of rotatable bonds is 7. The van der Waals surface area contributed by atoms with Crippen molar-refractivity contribution in [1.82, 2.24) is 15.3 Å². The number of carbonyl (C=O) groups is 1. The van der Waals surface area contributed by atoms with E-state index >= 15 is 0 Å². The first-order valence-electron chi connectivity index (χ1n) is 10.8. The summed E-state index contributed by atoms with van der Waals surface area (Å²) in [4.78, 5) is 20.6. The molecule has 0 fully saturated rings. The van der Waals surface area contributed by atoms with E-state index in [9.17, 15) is 4.79 Å². The molecule has 0 unspecified atom stereocenters. The van der Waals surface area contributed by atoms with Crippen LogP contribution in [0.25, 0.3) is 11.3 Å². The maximum Gasteiger partial charge on any atom is 0.255 e. The number of nitrogens with one attached hydrogen (secondary N) is 3. The molecular formula is C25H23ClN4O4. The minimum Gasteiger partial charge on any atom is -0.493 e. The van der Waals surface area contributed by atoms with E-state index in [4.69, 9.17) is 25.5 Å². The number of aromatic nitrogens is 2. The first-order chi connectivity index (χ1) is 16.6. The van der Waals surface area contributed by atoms with Crippen LogP contribution in [0.1, 0.15) is 34.8 Å². The van der Waals surface area contributed by atoms with Crippen LogP contribution >= 0.6 is 11.6 Å². The van der Waals surface area contributed by atoms with E-state index in [0.717, 1.165) is 11.3 Å². The number of H-pyrrole nitrogens is 1. The number of nitrogens with zero attached hydrogens (tertiary/aromatic N) is 1. The molecule has 4 heterocycles. The third-order valence-corrected chi connectivity index (χ3v) is 6.00. The molecular weight excluding hydrogens is 456 g/mol. The van der Waals surface area contributed by atoms with Gasteiger partial charge in [-0.2, -0.15) is 0 Å². The fourth-order valence-corrected chi connectivity index (χ4v) is 4.36. The Bertz CT molecular complexity index is 1330. The number of furan rings is 1. The van der Waals surface area contributed by atoms with E-state index in [0.29, 0.717) is 57.9 Å². The summed E-state index contributed by atoms with van der Waals surface area (Å²) in [6, 6.07) is 10.9. The molecule has 1 aliphatic rings. The lowest BCUT2D eigenvalue weighted by Gasteiger charge is -2.18. The Labute approximate surface area is 201 Å². The van der Waals surface area contributed by atoms with Crippen molar-refractivity contribution in [1.29, 1.82) is 0 Å². The summed E-state index contributed by atoms with van der Waals surface area (Å²) < 4.78 is 17.2. The number of para-hydroxylation sites is 1. The van der Waals surface area contributed by atoms with Gasteiger partial charge in [0.15, 0.2) is 11.9 Å². The lowest BCUT2D eigenvalue weighted by Crippen LogP contribution is -2.31. The predicted octanol–water partition coefficient (Wildman–Crippen LogP) is 5.50. The standard InChI is InChI=1S/C25H23ClN4O4/c1-14(19-7-4-12-33-19)34-20-13-27-10-8-15(20)22-23(21-17(29-22)9-11-28-25(21)31)30-18-6-3-5-16(26)24(18)32-2/h3-8,10,12-14,29-30H,9,11H2,1-2H3,(H,28,31)/t14-/m1/s1. The second-order valence-electron chi connectivity index (χ2n) is 7.83. The number of hydrogen-bond donors (Lipinski definition) is 3. The van der Waals surface area contributed by atoms with Crippen molar-refractivity contribution in [2.45, 2.75) is 19.4 Å². The summed E-state index contributed by atoms with van der Waals surface area (Å²) in [5.41, 5.74) is 4.08.